The second-order valence-electron chi connectivity index (χ2n) is 5.04. The number of carbonyl (C=O) groups is 1. The molecular formula is C13H16N4O2. The lowest BCUT2D eigenvalue weighted by Crippen LogP contribution is -2.45. The van der Waals surface area contributed by atoms with Crippen LogP contribution in [0, 0.1) is 29.6 Å². The maximum absolute atomic E-state index is 12.1. The summed E-state index contributed by atoms with van der Waals surface area (Å²) in [4.78, 5) is 20.3. The molecule has 0 atom stereocenters. The van der Waals surface area contributed by atoms with Gasteiger partial charge in [0.1, 0.15) is 5.41 Å². The third-order valence-corrected chi connectivity index (χ3v) is 3.31. The van der Waals surface area contributed by atoms with Crippen LogP contribution in [0.4, 0.5) is 5.95 Å². The lowest BCUT2D eigenvalue weighted by atomic mass is 9.63. The summed E-state index contributed by atoms with van der Waals surface area (Å²) in [5, 5.41) is 11.8. The van der Waals surface area contributed by atoms with Crippen LogP contribution in [0.2, 0.25) is 0 Å². The summed E-state index contributed by atoms with van der Waals surface area (Å²) in [7, 11) is 1.50. The van der Waals surface area contributed by atoms with Gasteiger partial charge in [-0.1, -0.05) is 6.92 Å². The van der Waals surface area contributed by atoms with Gasteiger partial charge in [-0.2, -0.15) is 10.2 Å². The second kappa shape index (κ2) is 4.84. The van der Waals surface area contributed by atoms with E-state index in [1.807, 2.05) is 6.92 Å². The zero-order valence-electron chi connectivity index (χ0n) is 11.2. The number of amides is 1. The highest BCUT2D eigenvalue weighted by molar-refractivity contribution is 5.96. The van der Waals surface area contributed by atoms with Gasteiger partial charge >= 0.3 is 0 Å². The molecule has 0 saturated heterocycles. The zero-order chi connectivity index (χ0) is 14.0. The molecule has 0 aliphatic heterocycles. The zero-order valence-corrected chi connectivity index (χ0v) is 11.2. The number of hydrogen-bond acceptors (Lipinski definition) is 5. The number of carbonyl (C=O) groups excluding carboxylic acids is 1. The van der Waals surface area contributed by atoms with Crippen molar-refractivity contribution in [2.75, 3.05) is 12.4 Å². The number of nitrogens with one attached hydrogen (secondary N) is 1. The van der Waals surface area contributed by atoms with Gasteiger partial charge in [-0.05, 0) is 25.7 Å². The molecule has 1 amide bonds. The van der Waals surface area contributed by atoms with Gasteiger partial charge in [-0.3, -0.25) is 10.1 Å². The van der Waals surface area contributed by atoms with Gasteiger partial charge in [0.15, 0.2) is 0 Å². The van der Waals surface area contributed by atoms with Gasteiger partial charge in [-0.25, -0.2) is 4.98 Å². The largest absolute Gasteiger partial charge is 0.481 e. The van der Waals surface area contributed by atoms with Crippen molar-refractivity contribution in [3.8, 4) is 11.9 Å². The number of rotatable bonds is 3. The fourth-order valence-electron chi connectivity index (χ4n) is 2.38. The van der Waals surface area contributed by atoms with Crippen molar-refractivity contribution in [1.29, 1.82) is 5.26 Å². The van der Waals surface area contributed by atoms with E-state index in [-0.39, 0.29) is 11.9 Å². The van der Waals surface area contributed by atoms with E-state index >= 15 is 0 Å². The van der Waals surface area contributed by atoms with Gasteiger partial charge in [0, 0.05) is 11.8 Å². The maximum Gasteiger partial charge on any atom is 0.247 e. The molecule has 0 bridgehead atoms. The molecule has 19 heavy (non-hydrogen) atoms. The van der Waals surface area contributed by atoms with E-state index in [1.165, 1.54) is 7.11 Å². The number of ether oxygens (including phenoxy) is 1. The van der Waals surface area contributed by atoms with Crippen LogP contribution in [0.1, 0.15) is 25.5 Å². The van der Waals surface area contributed by atoms with E-state index in [9.17, 15) is 10.1 Å². The first-order chi connectivity index (χ1) is 8.99. The molecule has 1 aromatic heterocycles. The Morgan fingerprint density at radius 3 is 2.79 bits per heavy atom. The molecule has 100 valence electrons. The Morgan fingerprint density at radius 1 is 1.58 bits per heavy atom. The highest BCUT2D eigenvalue weighted by Gasteiger charge is 2.49. The summed E-state index contributed by atoms with van der Waals surface area (Å²) < 4.78 is 5.02. The molecule has 1 saturated carbocycles. The Morgan fingerprint density at radius 2 is 2.26 bits per heavy atom. The summed E-state index contributed by atoms with van der Waals surface area (Å²) in [6.45, 7) is 3.81. The van der Waals surface area contributed by atoms with Crippen LogP contribution in [-0.4, -0.2) is 23.0 Å². The number of hydrogen-bond donors (Lipinski definition) is 1. The predicted octanol–water partition coefficient (Wildman–Crippen LogP) is 1.67. The first kappa shape index (κ1) is 13.3. The van der Waals surface area contributed by atoms with Gasteiger partial charge in [-0.15, -0.1) is 0 Å². The van der Waals surface area contributed by atoms with Crippen LogP contribution in [0.25, 0.3) is 0 Å². The molecule has 0 spiro atoms. The lowest BCUT2D eigenvalue weighted by molar-refractivity contribution is -0.128. The number of aromatic nitrogens is 2. The van der Waals surface area contributed by atoms with Crippen molar-refractivity contribution in [2.24, 2.45) is 11.3 Å². The first-order valence-corrected chi connectivity index (χ1v) is 6.11. The fourth-order valence-corrected chi connectivity index (χ4v) is 2.38. The van der Waals surface area contributed by atoms with Crippen LogP contribution < -0.4 is 10.1 Å². The average molecular weight is 260 g/mol. The number of methoxy groups -OCH3 is 1. The van der Waals surface area contributed by atoms with Crippen LogP contribution in [0.3, 0.4) is 0 Å². The Labute approximate surface area is 111 Å². The Hall–Kier alpha value is -2.16. The minimum atomic E-state index is -0.931. The molecule has 1 aliphatic rings. The quantitative estimate of drug-likeness (QED) is 0.893. The van der Waals surface area contributed by atoms with E-state index < -0.39 is 5.41 Å². The molecule has 1 N–H and O–H groups in total. The molecule has 1 fully saturated rings. The minimum Gasteiger partial charge on any atom is -0.481 e. The van der Waals surface area contributed by atoms with Gasteiger partial charge in [0.05, 0.1) is 13.2 Å². The third kappa shape index (κ3) is 2.50. The summed E-state index contributed by atoms with van der Waals surface area (Å²) in [6.07, 6.45) is 1.16. The molecule has 0 unspecified atom stereocenters. The number of anilines is 1. The van der Waals surface area contributed by atoms with Gasteiger partial charge in [0.25, 0.3) is 0 Å². The average Bonchev–Trinajstić information content (AvgIpc) is 2.33. The number of aryl methyl sites for hydroxylation is 1. The highest BCUT2D eigenvalue weighted by Crippen LogP contribution is 2.45. The topological polar surface area (TPSA) is 87.9 Å². The standard InChI is InChI=1S/C13H16N4O2/c1-8-5-13(6-8,7-14)11(18)17-12-15-9(2)4-10(16-12)19-3/h4,8H,5-6H2,1-3H3,(H,15,16,17,18). The molecule has 6 nitrogen and oxygen atoms in total. The molecule has 0 aromatic carbocycles. The third-order valence-electron chi connectivity index (χ3n) is 3.31. The van der Waals surface area contributed by atoms with Crippen molar-refractivity contribution in [1.82, 2.24) is 9.97 Å². The SMILES string of the molecule is COc1cc(C)nc(NC(=O)C2(C#N)CC(C)C2)n1. The monoisotopic (exact) mass is 260 g/mol. The molecule has 0 radical (unpaired) electrons. The van der Waals surface area contributed by atoms with Crippen LogP contribution in [0.15, 0.2) is 6.07 Å². The van der Waals surface area contributed by atoms with Crippen molar-refractivity contribution >= 4 is 11.9 Å². The van der Waals surface area contributed by atoms with E-state index in [0.717, 1.165) is 0 Å². The van der Waals surface area contributed by atoms with Crippen molar-refractivity contribution < 1.29 is 9.53 Å². The van der Waals surface area contributed by atoms with E-state index in [4.69, 9.17) is 4.74 Å². The molecule has 1 heterocycles. The number of nitriles is 1. The van der Waals surface area contributed by atoms with Crippen LogP contribution in [0.5, 0.6) is 5.88 Å². The molecule has 2 rings (SSSR count). The first-order valence-electron chi connectivity index (χ1n) is 6.11. The summed E-state index contributed by atoms with van der Waals surface area (Å²) in [5.74, 6) is 0.630. The molecule has 6 heteroatoms. The predicted molar refractivity (Wildman–Crippen MR) is 68.4 cm³/mol. The molecule has 1 aromatic rings. The smallest absolute Gasteiger partial charge is 0.247 e. The second-order valence-corrected chi connectivity index (χ2v) is 5.04. The van der Waals surface area contributed by atoms with Gasteiger partial charge < -0.3 is 4.74 Å². The maximum atomic E-state index is 12.1. The van der Waals surface area contributed by atoms with E-state index in [1.54, 1.807) is 13.0 Å². The Balaban J connectivity index is 2.15. The summed E-state index contributed by atoms with van der Waals surface area (Å²) >= 11 is 0. The lowest BCUT2D eigenvalue weighted by Gasteiger charge is -2.38. The molecular weight excluding hydrogens is 244 g/mol. The fraction of sp³-hybridized carbons (Fsp3) is 0.538. The van der Waals surface area contributed by atoms with Crippen molar-refractivity contribution in [3.05, 3.63) is 11.8 Å². The van der Waals surface area contributed by atoms with Crippen LogP contribution in [-0.2, 0) is 4.79 Å². The number of nitrogens with zero attached hydrogens (tertiary/aromatic N) is 3. The van der Waals surface area contributed by atoms with E-state index in [2.05, 4.69) is 21.4 Å². The van der Waals surface area contributed by atoms with Gasteiger partial charge in [0.2, 0.25) is 17.7 Å². The Bertz CT molecular complexity index is 544. The Kier molecular flexibility index (Phi) is 3.38. The normalized spacial score (nSPS) is 25.1. The highest BCUT2D eigenvalue weighted by atomic mass is 16.5. The summed E-state index contributed by atoms with van der Waals surface area (Å²) in [6, 6.07) is 3.78. The summed E-state index contributed by atoms with van der Waals surface area (Å²) in [5.41, 5.74) is -0.241. The van der Waals surface area contributed by atoms with Crippen molar-refractivity contribution in [3.63, 3.8) is 0 Å². The van der Waals surface area contributed by atoms with Crippen molar-refractivity contribution in [2.45, 2.75) is 26.7 Å². The van der Waals surface area contributed by atoms with E-state index in [0.29, 0.717) is 30.3 Å². The minimum absolute atomic E-state index is 0.177. The van der Waals surface area contributed by atoms with Crippen LogP contribution >= 0.6 is 0 Å². The molecule has 1 aliphatic carbocycles.